The zero-order valence-electron chi connectivity index (χ0n) is 10.6. The van der Waals surface area contributed by atoms with E-state index in [1.807, 2.05) is 0 Å². The maximum atomic E-state index is 10.2. The number of likely N-dealkylation sites (N-methyl/N-ethyl adjacent to an activating group) is 1. The molecule has 2 heteroatoms. The van der Waals surface area contributed by atoms with E-state index < -0.39 is 0 Å². The van der Waals surface area contributed by atoms with E-state index in [2.05, 4.69) is 50.9 Å². The van der Waals surface area contributed by atoms with E-state index >= 15 is 0 Å². The third kappa shape index (κ3) is 1.94. The van der Waals surface area contributed by atoms with E-state index in [1.54, 1.807) is 0 Å². The predicted molar refractivity (Wildman–Crippen MR) is 67.8 cm³/mol. The maximum absolute atomic E-state index is 10.2. The fraction of sp³-hybridized carbons (Fsp3) is 0.571. The van der Waals surface area contributed by atoms with Crippen molar-refractivity contribution in [2.75, 3.05) is 18.5 Å². The van der Waals surface area contributed by atoms with Crippen molar-refractivity contribution in [3.63, 3.8) is 0 Å². The Morgan fingerprint density at radius 3 is 2.62 bits per heavy atom. The van der Waals surface area contributed by atoms with Crippen LogP contribution in [0.25, 0.3) is 0 Å². The summed E-state index contributed by atoms with van der Waals surface area (Å²) in [6, 6.07) is 6.35. The van der Waals surface area contributed by atoms with Gasteiger partial charge in [-0.2, -0.15) is 0 Å². The highest BCUT2D eigenvalue weighted by molar-refractivity contribution is 5.58. The average Bonchev–Trinajstić information content (AvgIpc) is 2.57. The SMILES string of the molecule is CN1CCc2cc(C(O)C(C)(C)C)ccc21. The first kappa shape index (κ1) is 11.5. The van der Waals surface area contributed by atoms with E-state index in [9.17, 15) is 5.11 Å². The molecule has 1 atom stereocenters. The van der Waals surface area contributed by atoms with Crippen molar-refractivity contribution in [2.45, 2.75) is 33.3 Å². The molecule has 1 aliphatic rings. The summed E-state index contributed by atoms with van der Waals surface area (Å²) in [5.74, 6) is 0. The largest absolute Gasteiger partial charge is 0.388 e. The average molecular weight is 219 g/mol. The summed E-state index contributed by atoms with van der Waals surface area (Å²) in [5.41, 5.74) is 3.62. The Morgan fingerprint density at radius 2 is 2.00 bits per heavy atom. The van der Waals surface area contributed by atoms with Gasteiger partial charge in [0.2, 0.25) is 0 Å². The summed E-state index contributed by atoms with van der Waals surface area (Å²) in [5, 5.41) is 10.2. The summed E-state index contributed by atoms with van der Waals surface area (Å²) in [6.07, 6.45) is 0.708. The van der Waals surface area contributed by atoms with Crippen molar-refractivity contribution in [3.8, 4) is 0 Å². The number of nitrogens with zero attached hydrogens (tertiary/aromatic N) is 1. The molecular weight excluding hydrogens is 198 g/mol. The molecule has 2 rings (SSSR count). The first-order valence-electron chi connectivity index (χ1n) is 5.91. The van der Waals surface area contributed by atoms with Crippen LogP contribution in [0.3, 0.4) is 0 Å². The highest BCUT2D eigenvalue weighted by Crippen LogP contribution is 2.36. The predicted octanol–water partition coefficient (Wildman–Crippen LogP) is 2.76. The lowest BCUT2D eigenvalue weighted by molar-refractivity contribution is 0.0626. The molecule has 88 valence electrons. The molecular formula is C14H21NO. The molecule has 0 aromatic heterocycles. The van der Waals surface area contributed by atoms with Gasteiger partial charge in [-0.05, 0) is 29.0 Å². The number of aliphatic hydroxyl groups is 1. The Balaban J connectivity index is 2.32. The number of fused-ring (bicyclic) bond motifs is 1. The Bertz CT molecular complexity index is 392. The molecule has 0 saturated carbocycles. The molecule has 1 aromatic rings. The zero-order valence-corrected chi connectivity index (χ0v) is 10.6. The number of anilines is 1. The van der Waals surface area contributed by atoms with Crippen LogP contribution in [-0.4, -0.2) is 18.7 Å². The lowest BCUT2D eigenvalue weighted by Crippen LogP contribution is -2.18. The molecule has 1 aliphatic heterocycles. The van der Waals surface area contributed by atoms with Gasteiger partial charge in [-0.25, -0.2) is 0 Å². The smallest absolute Gasteiger partial charge is 0.0838 e. The van der Waals surface area contributed by atoms with Crippen LogP contribution in [0.1, 0.15) is 38.0 Å². The normalized spacial score (nSPS) is 17.4. The fourth-order valence-corrected chi connectivity index (χ4v) is 2.26. The number of benzene rings is 1. The van der Waals surface area contributed by atoms with Crippen LogP contribution in [-0.2, 0) is 6.42 Å². The number of hydrogen-bond acceptors (Lipinski definition) is 2. The summed E-state index contributed by atoms with van der Waals surface area (Å²) < 4.78 is 0. The van der Waals surface area contributed by atoms with Gasteiger partial charge in [0.25, 0.3) is 0 Å². The molecule has 0 aliphatic carbocycles. The minimum Gasteiger partial charge on any atom is -0.388 e. The van der Waals surface area contributed by atoms with Gasteiger partial charge in [-0.3, -0.25) is 0 Å². The molecule has 1 heterocycles. The molecule has 0 saturated heterocycles. The second-order valence-corrected chi connectivity index (χ2v) is 5.83. The van der Waals surface area contributed by atoms with Crippen LogP contribution in [0.4, 0.5) is 5.69 Å². The summed E-state index contributed by atoms with van der Waals surface area (Å²) in [7, 11) is 2.12. The van der Waals surface area contributed by atoms with Crippen molar-refractivity contribution in [1.29, 1.82) is 0 Å². The van der Waals surface area contributed by atoms with E-state index in [0.29, 0.717) is 0 Å². The summed E-state index contributed by atoms with van der Waals surface area (Å²) >= 11 is 0. The van der Waals surface area contributed by atoms with Gasteiger partial charge >= 0.3 is 0 Å². The highest BCUT2D eigenvalue weighted by Gasteiger charge is 2.25. The van der Waals surface area contributed by atoms with Crippen molar-refractivity contribution in [2.24, 2.45) is 5.41 Å². The van der Waals surface area contributed by atoms with Gasteiger partial charge < -0.3 is 10.0 Å². The second-order valence-electron chi connectivity index (χ2n) is 5.83. The van der Waals surface area contributed by atoms with Crippen LogP contribution < -0.4 is 4.90 Å². The molecule has 0 spiro atoms. The third-order valence-corrected chi connectivity index (χ3v) is 3.37. The van der Waals surface area contributed by atoms with Gasteiger partial charge in [-0.15, -0.1) is 0 Å². The highest BCUT2D eigenvalue weighted by atomic mass is 16.3. The number of hydrogen-bond donors (Lipinski definition) is 1. The van der Waals surface area contributed by atoms with Gasteiger partial charge in [0.15, 0.2) is 0 Å². The quantitative estimate of drug-likeness (QED) is 0.785. The summed E-state index contributed by atoms with van der Waals surface area (Å²) in [6.45, 7) is 7.29. The summed E-state index contributed by atoms with van der Waals surface area (Å²) in [4.78, 5) is 2.27. The van der Waals surface area contributed by atoms with Gasteiger partial charge in [0.1, 0.15) is 0 Å². The molecule has 2 nitrogen and oxygen atoms in total. The third-order valence-electron chi connectivity index (χ3n) is 3.37. The fourth-order valence-electron chi connectivity index (χ4n) is 2.26. The monoisotopic (exact) mass is 219 g/mol. The van der Waals surface area contributed by atoms with Crippen LogP contribution in [0, 0.1) is 5.41 Å². The second kappa shape index (κ2) is 3.77. The molecule has 0 radical (unpaired) electrons. The van der Waals surface area contributed by atoms with Crippen LogP contribution in [0.2, 0.25) is 0 Å². The van der Waals surface area contributed by atoms with E-state index in [4.69, 9.17) is 0 Å². The van der Waals surface area contributed by atoms with Gasteiger partial charge in [0, 0.05) is 19.3 Å². The van der Waals surface area contributed by atoms with E-state index in [0.717, 1.165) is 18.5 Å². The van der Waals surface area contributed by atoms with Gasteiger partial charge in [0.05, 0.1) is 6.10 Å². The molecule has 1 aromatic carbocycles. The van der Waals surface area contributed by atoms with E-state index in [-0.39, 0.29) is 11.5 Å². The Kier molecular flexibility index (Phi) is 2.70. The molecule has 0 fully saturated rings. The molecule has 0 amide bonds. The van der Waals surface area contributed by atoms with Gasteiger partial charge in [-0.1, -0.05) is 32.9 Å². The van der Waals surface area contributed by atoms with Crippen molar-refractivity contribution in [1.82, 2.24) is 0 Å². The molecule has 1 N–H and O–H groups in total. The van der Waals surface area contributed by atoms with Crippen LogP contribution in [0.15, 0.2) is 18.2 Å². The van der Waals surface area contributed by atoms with Crippen molar-refractivity contribution in [3.05, 3.63) is 29.3 Å². The zero-order chi connectivity index (χ0) is 11.9. The first-order chi connectivity index (χ1) is 7.39. The van der Waals surface area contributed by atoms with E-state index in [1.165, 1.54) is 11.3 Å². The Morgan fingerprint density at radius 1 is 1.31 bits per heavy atom. The Labute approximate surface area is 97.9 Å². The first-order valence-corrected chi connectivity index (χ1v) is 5.91. The minimum absolute atomic E-state index is 0.0985. The van der Waals surface area contributed by atoms with Crippen molar-refractivity contribution < 1.29 is 5.11 Å². The van der Waals surface area contributed by atoms with Crippen LogP contribution in [0.5, 0.6) is 0 Å². The number of rotatable bonds is 1. The topological polar surface area (TPSA) is 23.5 Å². The molecule has 16 heavy (non-hydrogen) atoms. The molecule has 1 unspecified atom stereocenters. The minimum atomic E-state index is -0.385. The van der Waals surface area contributed by atoms with Crippen LogP contribution >= 0.6 is 0 Å². The molecule has 0 bridgehead atoms. The van der Waals surface area contributed by atoms with Crippen molar-refractivity contribution >= 4 is 5.69 Å². The lowest BCUT2D eigenvalue weighted by atomic mass is 9.84. The lowest BCUT2D eigenvalue weighted by Gasteiger charge is -2.26. The standard InChI is InChI=1S/C14H21NO/c1-14(2,3)13(16)11-5-6-12-10(9-11)7-8-15(12)4/h5-6,9,13,16H,7-8H2,1-4H3. The maximum Gasteiger partial charge on any atom is 0.0838 e. The number of aliphatic hydroxyl groups excluding tert-OH is 1. The Hall–Kier alpha value is -1.02.